The molecule has 1 heterocycles. The zero-order chi connectivity index (χ0) is 10.7. The molecule has 0 bridgehead atoms. The van der Waals surface area contributed by atoms with Crippen LogP contribution in [0, 0.1) is 5.82 Å². The Morgan fingerprint density at radius 1 is 1.47 bits per heavy atom. The van der Waals surface area contributed by atoms with Crippen LogP contribution < -0.4 is 0 Å². The summed E-state index contributed by atoms with van der Waals surface area (Å²) in [5.74, 6) is -0.532. The van der Waals surface area contributed by atoms with Gasteiger partial charge in [-0.25, -0.2) is 9.18 Å². The molecule has 0 radical (unpaired) electrons. The van der Waals surface area contributed by atoms with E-state index in [-0.39, 0.29) is 17.1 Å². The molecule has 2 rings (SSSR count). The summed E-state index contributed by atoms with van der Waals surface area (Å²) in [5, 5.41) is 3.47. The van der Waals surface area contributed by atoms with Crippen LogP contribution in [0.2, 0.25) is 0 Å². The molecule has 1 aromatic carbocycles. The fourth-order valence-electron chi connectivity index (χ4n) is 1.16. The molecule has 0 amide bonds. The molecule has 1 aromatic heterocycles. The van der Waals surface area contributed by atoms with Gasteiger partial charge in [0.15, 0.2) is 0 Å². The zero-order valence-corrected chi connectivity index (χ0v) is 7.35. The summed E-state index contributed by atoms with van der Waals surface area (Å²) < 4.78 is 17.9. The molecule has 0 atom stereocenters. The maximum atomic E-state index is 13.4. The van der Waals surface area contributed by atoms with Gasteiger partial charge < -0.3 is 4.52 Å². The van der Waals surface area contributed by atoms with Gasteiger partial charge in [0.2, 0.25) is 18.3 Å². The molecule has 0 N–H and O–H groups in total. The summed E-state index contributed by atoms with van der Waals surface area (Å²) in [6, 6.07) is 4.10. The summed E-state index contributed by atoms with van der Waals surface area (Å²) in [6.45, 7) is 0. The Morgan fingerprint density at radius 3 is 3.00 bits per heavy atom. The van der Waals surface area contributed by atoms with E-state index in [4.69, 9.17) is 0 Å². The van der Waals surface area contributed by atoms with E-state index in [1.54, 1.807) is 0 Å². The van der Waals surface area contributed by atoms with Gasteiger partial charge in [-0.3, -0.25) is 0 Å². The maximum Gasteiger partial charge on any atom is 0.240 e. The molecule has 0 fully saturated rings. The van der Waals surface area contributed by atoms with Crippen molar-refractivity contribution >= 4 is 11.8 Å². The Hall–Kier alpha value is -2.33. The van der Waals surface area contributed by atoms with Gasteiger partial charge in [0.25, 0.3) is 0 Å². The fourth-order valence-corrected chi connectivity index (χ4v) is 1.16. The Morgan fingerprint density at radius 2 is 2.33 bits per heavy atom. The van der Waals surface area contributed by atoms with Crippen molar-refractivity contribution in [2.24, 2.45) is 4.99 Å². The molecule has 0 aliphatic heterocycles. The number of aromatic nitrogens is 2. The van der Waals surface area contributed by atoms with Crippen molar-refractivity contribution in [3.63, 3.8) is 0 Å². The lowest BCUT2D eigenvalue weighted by Crippen LogP contribution is -1.86. The monoisotopic (exact) mass is 205 g/mol. The molecule has 6 heteroatoms. The smallest absolute Gasteiger partial charge is 0.240 e. The highest BCUT2D eigenvalue weighted by molar-refractivity contribution is 5.73. The minimum Gasteiger partial charge on any atom is -0.342 e. The summed E-state index contributed by atoms with van der Waals surface area (Å²) in [6.07, 6.45) is 2.40. The van der Waals surface area contributed by atoms with E-state index in [2.05, 4.69) is 19.7 Å². The Balaban J connectivity index is 2.68. The number of hydrogen-bond donors (Lipinski definition) is 0. The standard InChI is InChI=1S/C9H4FN3O2/c10-6-2-1-3-7(11-4-14)8(6)9-12-5-15-13-9/h1-3,5H. The van der Waals surface area contributed by atoms with E-state index in [9.17, 15) is 9.18 Å². The number of aliphatic imine (C=N–C) groups is 1. The second-order valence-corrected chi connectivity index (χ2v) is 2.59. The third kappa shape index (κ3) is 1.66. The van der Waals surface area contributed by atoms with E-state index in [1.165, 1.54) is 24.3 Å². The van der Waals surface area contributed by atoms with Crippen LogP contribution >= 0.6 is 0 Å². The predicted octanol–water partition coefficient (Wildman–Crippen LogP) is 1.84. The lowest BCUT2D eigenvalue weighted by molar-refractivity contribution is 0.418. The molecule has 15 heavy (non-hydrogen) atoms. The summed E-state index contributed by atoms with van der Waals surface area (Å²) >= 11 is 0. The topological polar surface area (TPSA) is 68.3 Å². The first kappa shape index (κ1) is 9.23. The molecular formula is C9H4FN3O2. The van der Waals surface area contributed by atoms with Crippen LogP contribution in [0.25, 0.3) is 11.4 Å². The zero-order valence-electron chi connectivity index (χ0n) is 7.35. The van der Waals surface area contributed by atoms with Gasteiger partial charge in [0.1, 0.15) is 5.82 Å². The van der Waals surface area contributed by atoms with Crippen molar-refractivity contribution in [1.29, 1.82) is 0 Å². The summed E-state index contributed by atoms with van der Waals surface area (Å²) in [7, 11) is 0. The number of isocyanates is 1. The number of carbonyl (C=O) groups excluding carboxylic acids is 1. The van der Waals surface area contributed by atoms with Crippen LogP contribution in [0.15, 0.2) is 34.1 Å². The van der Waals surface area contributed by atoms with Gasteiger partial charge in [-0.05, 0) is 12.1 Å². The molecule has 0 unspecified atom stereocenters. The highest BCUT2D eigenvalue weighted by Crippen LogP contribution is 2.29. The minimum absolute atomic E-state index is 0.0228. The second-order valence-electron chi connectivity index (χ2n) is 2.59. The van der Waals surface area contributed by atoms with Crippen LogP contribution in [0.5, 0.6) is 0 Å². The van der Waals surface area contributed by atoms with E-state index in [0.717, 1.165) is 6.39 Å². The SMILES string of the molecule is O=C=Nc1cccc(F)c1-c1ncon1. The number of hydrogen-bond acceptors (Lipinski definition) is 5. The van der Waals surface area contributed by atoms with Gasteiger partial charge >= 0.3 is 0 Å². The van der Waals surface area contributed by atoms with E-state index in [0.29, 0.717) is 0 Å². The van der Waals surface area contributed by atoms with Crippen molar-refractivity contribution < 1.29 is 13.7 Å². The lowest BCUT2D eigenvalue weighted by Gasteiger charge is -1.99. The third-order valence-electron chi connectivity index (χ3n) is 1.74. The van der Waals surface area contributed by atoms with Crippen LogP contribution in [0.4, 0.5) is 10.1 Å². The highest BCUT2D eigenvalue weighted by Gasteiger charge is 2.14. The molecule has 0 aliphatic rings. The van der Waals surface area contributed by atoms with E-state index in [1.807, 2.05) is 0 Å². The summed E-state index contributed by atoms with van der Waals surface area (Å²) in [5.41, 5.74) is 0.140. The average molecular weight is 205 g/mol. The van der Waals surface area contributed by atoms with Crippen molar-refractivity contribution in [3.8, 4) is 11.4 Å². The molecule has 2 aromatic rings. The van der Waals surface area contributed by atoms with Crippen LogP contribution in [-0.2, 0) is 4.79 Å². The first-order valence-corrected chi connectivity index (χ1v) is 3.96. The van der Waals surface area contributed by atoms with Crippen LogP contribution in [0.1, 0.15) is 0 Å². The lowest BCUT2D eigenvalue weighted by atomic mass is 10.1. The highest BCUT2D eigenvalue weighted by atomic mass is 19.1. The number of rotatable bonds is 2. The number of halogens is 1. The predicted molar refractivity (Wildman–Crippen MR) is 47.5 cm³/mol. The van der Waals surface area contributed by atoms with Crippen molar-refractivity contribution in [2.75, 3.05) is 0 Å². The molecule has 74 valence electrons. The third-order valence-corrected chi connectivity index (χ3v) is 1.74. The molecule has 5 nitrogen and oxygen atoms in total. The van der Waals surface area contributed by atoms with E-state index < -0.39 is 5.82 Å². The van der Waals surface area contributed by atoms with Crippen molar-refractivity contribution in [1.82, 2.24) is 10.1 Å². The van der Waals surface area contributed by atoms with Crippen molar-refractivity contribution in [3.05, 3.63) is 30.4 Å². The van der Waals surface area contributed by atoms with Crippen LogP contribution in [0.3, 0.4) is 0 Å². The van der Waals surface area contributed by atoms with Gasteiger partial charge in [-0.2, -0.15) is 9.98 Å². The summed E-state index contributed by atoms with van der Waals surface area (Å²) in [4.78, 5) is 17.2. The van der Waals surface area contributed by atoms with Gasteiger partial charge in [-0.1, -0.05) is 11.2 Å². The average Bonchev–Trinajstić information content (AvgIpc) is 2.71. The number of benzene rings is 1. The Bertz CT molecular complexity index is 518. The Kier molecular flexibility index (Phi) is 2.35. The first-order chi connectivity index (χ1) is 7.33. The van der Waals surface area contributed by atoms with Crippen LogP contribution in [-0.4, -0.2) is 16.2 Å². The molecular weight excluding hydrogens is 201 g/mol. The van der Waals surface area contributed by atoms with Crippen molar-refractivity contribution in [2.45, 2.75) is 0 Å². The molecule has 0 saturated carbocycles. The quantitative estimate of drug-likeness (QED) is 0.554. The first-order valence-electron chi connectivity index (χ1n) is 3.96. The van der Waals surface area contributed by atoms with E-state index >= 15 is 0 Å². The number of nitrogens with zero attached hydrogens (tertiary/aromatic N) is 3. The second kappa shape index (κ2) is 3.81. The fraction of sp³-hybridized carbons (Fsp3) is 0. The largest absolute Gasteiger partial charge is 0.342 e. The molecule has 0 spiro atoms. The molecule has 0 saturated heterocycles. The maximum absolute atomic E-state index is 13.4. The van der Waals surface area contributed by atoms with Gasteiger partial charge in [-0.15, -0.1) is 0 Å². The normalized spacial score (nSPS) is 9.67. The Labute approximate surface area is 83.3 Å². The minimum atomic E-state index is -0.576. The molecule has 0 aliphatic carbocycles. The van der Waals surface area contributed by atoms with Gasteiger partial charge in [0.05, 0.1) is 11.3 Å². The van der Waals surface area contributed by atoms with Gasteiger partial charge in [0, 0.05) is 0 Å².